The van der Waals surface area contributed by atoms with Crippen molar-refractivity contribution in [2.75, 3.05) is 0 Å². The Balaban J connectivity index is 2.91. The topological polar surface area (TPSA) is 0 Å². The minimum Gasteiger partial charge on any atom is -0.115 e. The fourth-order valence-electron chi connectivity index (χ4n) is 1.58. The zero-order chi connectivity index (χ0) is 9.26. The minimum atomic E-state index is 0.982. The third kappa shape index (κ3) is 1.29. The molecule has 0 amide bonds. The normalized spacial score (nSPS) is 9.85. The van der Waals surface area contributed by atoms with E-state index < -0.39 is 0 Å². The first kappa shape index (κ1) is 7.89. The molecule has 0 N–H and O–H groups in total. The first-order valence-corrected chi connectivity index (χ1v) is 4.27. The van der Waals surface area contributed by atoms with Crippen LogP contribution in [0.1, 0.15) is 11.1 Å². The van der Waals surface area contributed by atoms with Crippen molar-refractivity contribution in [3.05, 3.63) is 47.5 Å². The standard InChI is InChI=1S/C13H10/c1-3-11-8-10(2)9-12-6-4-5-7-13(11)12/h1,4-9H,2H3. The second-order valence-corrected chi connectivity index (χ2v) is 3.18. The maximum absolute atomic E-state index is 5.43. The molecule has 0 aliphatic rings. The number of benzene rings is 2. The third-order valence-electron chi connectivity index (χ3n) is 2.16. The maximum Gasteiger partial charge on any atom is 0.0323 e. The van der Waals surface area contributed by atoms with Gasteiger partial charge >= 0.3 is 0 Å². The second-order valence-electron chi connectivity index (χ2n) is 3.18. The molecular formula is C13H10. The molecule has 2 aromatic rings. The van der Waals surface area contributed by atoms with Crippen molar-refractivity contribution in [3.63, 3.8) is 0 Å². The Bertz CT molecular complexity index is 487. The molecule has 0 fully saturated rings. The van der Waals surface area contributed by atoms with Gasteiger partial charge in [0.25, 0.3) is 0 Å². The Morgan fingerprint density at radius 1 is 1.15 bits per heavy atom. The Morgan fingerprint density at radius 2 is 1.92 bits per heavy atom. The summed E-state index contributed by atoms with van der Waals surface area (Å²) in [6.45, 7) is 2.06. The first-order chi connectivity index (χ1) is 6.31. The molecule has 2 aromatic carbocycles. The van der Waals surface area contributed by atoms with Crippen molar-refractivity contribution in [2.45, 2.75) is 6.92 Å². The number of rotatable bonds is 0. The summed E-state index contributed by atoms with van der Waals surface area (Å²) < 4.78 is 0. The van der Waals surface area contributed by atoms with Crippen LogP contribution in [-0.2, 0) is 0 Å². The molecule has 13 heavy (non-hydrogen) atoms. The highest BCUT2D eigenvalue weighted by Crippen LogP contribution is 2.19. The third-order valence-corrected chi connectivity index (χ3v) is 2.16. The van der Waals surface area contributed by atoms with Crippen molar-refractivity contribution < 1.29 is 0 Å². The molecule has 62 valence electrons. The van der Waals surface area contributed by atoms with Crippen LogP contribution in [-0.4, -0.2) is 0 Å². The van der Waals surface area contributed by atoms with Crippen LogP contribution in [0.2, 0.25) is 0 Å². The van der Waals surface area contributed by atoms with Crippen LogP contribution in [0.25, 0.3) is 10.8 Å². The monoisotopic (exact) mass is 166 g/mol. The summed E-state index contributed by atoms with van der Waals surface area (Å²) in [5.74, 6) is 2.71. The molecule has 0 radical (unpaired) electrons. The molecule has 0 heterocycles. The van der Waals surface area contributed by atoms with Crippen molar-refractivity contribution in [1.29, 1.82) is 0 Å². The average molecular weight is 166 g/mol. The van der Waals surface area contributed by atoms with E-state index in [0.29, 0.717) is 0 Å². The van der Waals surface area contributed by atoms with E-state index in [1.54, 1.807) is 0 Å². The quantitative estimate of drug-likeness (QED) is 0.527. The van der Waals surface area contributed by atoms with Gasteiger partial charge in [-0.1, -0.05) is 36.3 Å². The van der Waals surface area contributed by atoms with Gasteiger partial charge in [-0.15, -0.1) is 6.42 Å². The van der Waals surface area contributed by atoms with E-state index in [1.807, 2.05) is 18.2 Å². The van der Waals surface area contributed by atoms with E-state index >= 15 is 0 Å². The lowest BCUT2D eigenvalue weighted by molar-refractivity contribution is 1.49. The lowest BCUT2D eigenvalue weighted by Gasteiger charge is -2.02. The first-order valence-electron chi connectivity index (χ1n) is 4.27. The highest BCUT2D eigenvalue weighted by atomic mass is 14.0. The lowest BCUT2D eigenvalue weighted by atomic mass is 10.0. The van der Waals surface area contributed by atoms with E-state index in [1.165, 1.54) is 10.9 Å². The average Bonchev–Trinajstić information content (AvgIpc) is 2.16. The summed E-state index contributed by atoms with van der Waals surface area (Å²) in [5.41, 5.74) is 2.20. The smallest absolute Gasteiger partial charge is 0.0323 e. The summed E-state index contributed by atoms with van der Waals surface area (Å²) in [5, 5.41) is 2.38. The van der Waals surface area contributed by atoms with Crippen LogP contribution in [0.4, 0.5) is 0 Å². The molecule has 2 rings (SSSR count). The zero-order valence-electron chi connectivity index (χ0n) is 7.54. The predicted octanol–water partition coefficient (Wildman–Crippen LogP) is 3.13. The summed E-state index contributed by atoms with van der Waals surface area (Å²) in [4.78, 5) is 0. The SMILES string of the molecule is C#Cc1cc(C)cc2ccccc12. The second kappa shape index (κ2) is 2.95. The predicted molar refractivity (Wildman–Crippen MR) is 56.6 cm³/mol. The molecule has 0 atom stereocenters. The molecular weight excluding hydrogens is 156 g/mol. The fourth-order valence-corrected chi connectivity index (χ4v) is 1.58. The summed E-state index contributed by atoms with van der Waals surface area (Å²) in [6, 6.07) is 12.4. The Labute approximate surface area is 78.2 Å². The Morgan fingerprint density at radius 3 is 2.69 bits per heavy atom. The fraction of sp³-hybridized carbons (Fsp3) is 0.0769. The molecule has 0 saturated carbocycles. The van der Waals surface area contributed by atoms with E-state index in [0.717, 1.165) is 10.9 Å². The largest absolute Gasteiger partial charge is 0.115 e. The van der Waals surface area contributed by atoms with Crippen molar-refractivity contribution in [3.8, 4) is 12.3 Å². The van der Waals surface area contributed by atoms with Gasteiger partial charge in [0.05, 0.1) is 0 Å². The van der Waals surface area contributed by atoms with Crippen molar-refractivity contribution in [1.82, 2.24) is 0 Å². The molecule has 0 aromatic heterocycles. The highest BCUT2D eigenvalue weighted by Gasteiger charge is 1.98. The van der Waals surface area contributed by atoms with Crippen LogP contribution in [0.15, 0.2) is 36.4 Å². The van der Waals surface area contributed by atoms with Crippen LogP contribution in [0, 0.1) is 19.3 Å². The van der Waals surface area contributed by atoms with Gasteiger partial charge in [0.1, 0.15) is 0 Å². The highest BCUT2D eigenvalue weighted by molar-refractivity contribution is 5.88. The Kier molecular flexibility index (Phi) is 1.79. The van der Waals surface area contributed by atoms with Gasteiger partial charge < -0.3 is 0 Å². The van der Waals surface area contributed by atoms with Crippen molar-refractivity contribution in [2.24, 2.45) is 0 Å². The van der Waals surface area contributed by atoms with Crippen LogP contribution in [0.3, 0.4) is 0 Å². The Hall–Kier alpha value is -1.74. The number of fused-ring (bicyclic) bond motifs is 1. The maximum atomic E-state index is 5.43. The zero-order valence-corrected chi connectivity index (χ0v) is 7.54. The van der Waals surface area contributed by atoms with Gasteiger partial charge in [-0.05, 0) is 29.3 Å². The molecule has 0 bridgehead atoms. The van der Waals surface area contributed by atoms with Gasteiger partial charge in [0.2, 0.25) is 0 Å². The summed E-state index contributed by atoms with van der Waals surface area (Å²) in [6.07, 6.45) is 5.43. The molecule has 0 aliphatic carbocycles. The van der Waals surface area contributed by atoms with Gasteiger partial charge in [0.15, 0.2) is 0 Å². The number of hydrogen-bond acceptors (Lipinski definition) is 0. The summed E-state index contributed by atoms with van der Waals surface area (Å²) >= 11 is 0. The van der Waals surface area contributed by atoms with Crippen LogP contribution < -0.4 is 0 Å². The lowest BCUT2D eigenvalue weighted by Crippen LogP contribution is -1.81. The molecule has 0 saturated heterocycles. The van der Waals surface area contributed by atoms with Gasteiger partial charge in [-0.2, -0.15) is 0 Å². The number of terminal acetylenes is 1. The van der Waals surface area contributed by atoms with E-state index in [9.17, 15) is 0 Å². The molecule has 0 spiro atoms. The molecule has 0 heteroatoms. The van der Waals surface area contributed by atoms with E-state index in [4.69, 9.17) is 6.42 Å². The van der Waals surface area contributed by atoms with E-state index in [-0.39, 0.29) is 0 Å². The van der Waals surface area contributed by atoms with Crippen molar-refractivity contribution >= 4 is 10.8 Å². The minimum absolute atomic E-state index is 0.982. The summed E-state index contributed by atoms with van der Waals surface area (Å²) in [7, 11) is 0. The van der Waals surface area contributed by atoms with Crippen LogP contribution >= 0.6 is 0 Å². The van der Waals surface area contributed by atoms with E-state index in [2.05, 4.69) is 31.0 Å². The number of aryl methyl sites for hydroxylation is 1. The molecule has 0 unspecified atom stereocenters. The van der Waals surface area contributed by atoms with Crippen LogP contribution in [0.5, 0.6) is 0 Å². The molecule has 0 aliphatic heterocycles. The van der Waals surface area contributed by atoms with Gasteiger partial charge in [-0.25, -0.2) is 0 Å². The van der Waals surface area contributed by atoms with Gasteiger partial charge in [-0.3, -0.25) is 0 Å². The van der Waals surface area contributed by atoms with Gasteiger partial charge in [0, 0.05) is 5.56 Å². The number of hydrogen-bond donors (Lipinski definition) is 0. The molecule has 0 nitrogen and oxygen atoms in total.